The number of halogens is 6. The van der Waals surface area contributed by atoms with E-state index < -0.39 is 46.7 Å². The van der Waals surface area contributed by atoms with E-state index in [0.717, 1.165) is 24.5 Å². The highest BCUT2D eigenvalue weighted by Crippen LogP contribution is 2.43. The minimum absolute atomic E-state index is 0.398. The van der Waals surface area contributed by atoms with Gasteiger partial charge in [-0.1, -0.05) is 0 Å². The third-order valence-corrected chi connectivity index (χ3v) is 2.89. The fourth-order valence-corrected chi connectivity index (χ4v) is 1.75. The minimum Gasteiger partial charge on any atom is -0.362 e. The van der Waals surface area contributed by atoms with Crippen LogP contribution in [0.2, 0.25) is 0 Å². The van der Waals surface area contributed by atoms with Gasteiger partial charge in [0.15, 0.2) is 0 Å². The maximum Gasteiger partial charge on any atom is 0.438 e. The summed E-state index contributed by atoms with van der Waals surface area (Å²) in [5, 5.41) is 11.7. The molecule has 1 amide bonds. The van der Waals surface area contributed by atoms with Crippen LogP contribution >= 0.6 is 0 Å². The highest BCUT2D eigenvalue weighted by Gasteiger charge is 2.66. The monoisotopic (exact) mass is 327 g/mol. The normalized spacial score (nSPS) is 22.7. The van der Waals surface area contributed by atoms with E-state index in [2.05, 4.69) is 10.1 Å². The topological polar surface area (TPSA) is 65.8 Å². The van der Waals surface area contributed by atoms with Crippen LogP contribution in [0.15, 0.2) is 29.6 Å². The fourth-order valence-electron chi connectivity index (χ4n) is 1.75. The second-order valence-electron chi connectivity index (χ2n) is 4.39. The van der Waals surface area contributed by atoms with Crippen LogP contribution in [-0.4, -0.2) is 44.8 Å². The predicted molar refractivity (Wildman–Crippen MR) is 59.5 cm³/mol. The van der Waals surface area contributed by atoms with Gasteiger partial charge in [0.05, 0.1) is 6.42 Å². The zero-order chi connectivity index (χ0) is 16.8. The molecule has 2 heterocycles. The van der Waals surface area contributed by atoms with Crippen molar-refractivity contribution in [2.24, 2.45) is 5.10 Å². The fraction of sp³-hybridized carbons (Fsp3) is 0.364. The number of aromatic nitrogens is 1. The quantitative estimate of drug-likeness (QED) is 0.804. The molecule has 0 unspecified atom stereocenters. The van der Waals surface area contributed by atoms with Crippen LogP contribution in [-0.2, 0) is 0 Å². The van der Waals surface area contributed by atoms with Gasteiger partial charge in [-0.3, -0.25) is 9.78 Å². The third kappa shape index (κ3) is 2.63. The van der Waals surface area contributed by atoms with E-state index in [1.807, 2.05) is 0 Å². The zero-order valence-electron chi connectivity index (χ0n) is 10.5. The van der Waals surface area contributed by atoms with Crippen molar-refractivity contribution in [2.75, 3.05) is 0 Å². The van der Waals surface area contributed by atoms with Gasteiger partial charge in [-0.2, -0.15) is 36.5 Å². The van der Waals surface area contributed by atoms with Gasteiger partial charge in [0, 0.05) is 18.0 Å². The second kappa shape index (κ2) is 4.93. The molecule has 1 N–H and O–H groups in total. The molecule has 1 aromatic rings. The summed E-state index contributed by atoms with van der Waals surface area (Å²) in [6.07, 6.45) is -10.5. The summed E-state index contributed by atoms with van der Waals surface area (Å²) in [6, 6.07) is 1.97. The average molecular weight is 327 g/mol. The maximum absolute atomic E-state index is 12.9. The van der Waals surface area contributed by atoms with Gasteiger partial charge >= 0.3 is 12.4 Å². The van der Waals surface area contributed by atoms with Gasteiger partial charge < -0.3 is 5.11 Å². The Morgan fingerprint density at radius 1 is 1.18 bits per heavy atom. The van der Waals surface area contributed by atoms with Gasteiger partial charge in [-0.15, -0.1) is 0 Å². The Hall–Kier alpha value is -2.17. The Kier molecular flexibility index (Phi) is 3.63. The Bertz CT molecular complexity index is 612. The SMILES string of the molecule is O=C(c1ccncc1)N1N=C(C(F)(F)F)C[C@@]1(O)C(F)(F)F. The molecule has 0 spiro atoms. The zero-order valence-corrected chi connectivity index (χ0v) is 10.5. The second-order valence-corrected chi connectivity index (χ2v) is 4.39. The lowest BCUT2D eigenvalue weighted by Crippen LogP contribution is -2.56. The summed E-state index contributed by atoms with van der Waals surface area (Å²) in [5.74, 6) is -1.53. The van der Waals surface area contributed by atoms with Crippen molar-refractivity contribution < 1.29 is 36.2 Å². The lowest BCUT2D eigenvalue weighted by Gasteiger charge is -2.32. The standard InChI is InChI=1S/C11H7F6N3O2/c12-10(13,14)7-5-9(22,11(15,16)17)20(19-7)8(21)6-1-3-18-4-2-6/h1-4,22H,5H2/t9-/m1/s1. The summed E-state index contributed by atoms with van der Waals surface area (Å²) >= 11 is 0. The van der Waals surface area contributed by atoms with Gasteiger partial charge in [-0.05, 0) is 12.1 Å². The molecule has 1 aliphatic heterocycles. The van der Waals surface area contributed by atoms with E-state index in [0.29, 0.717) is 0 Å². The van der Waals surface area contributed by atoms with Crippen LogP contribution in [0.25, 0.3) is 0 Å². The van der Waals surface area contributed by atoms with E-state index in [-0.39, 0.29) is 0 Å². The molecule has 0 aromatic carbocycles. The van der Waals surface area contributed by atoms with E-state index >= 15 is 0 Å². The molecule has 0 aliphatic carbocycles. The first kappa shape index (κ1) is 16.2. The van der Waals surface area contributed by atoms with Crippen molar-refractivity contribution in [1.29, 1.82) is 0 Å². The molecular weight excluding hydrogens is 320 g/mol. The van der Waals surface area contributed by atoms with Crippen molar-refractivity contribution in [1.82, 2.24) is 9.99 Å². The molecule has 0 saturated heterocycles. The highest BCUT2D eigenvalue weighted by molar-refractivity contribution is 5.99. The third-order valence-electron chi connectivity index (χ3n) is 2.89. The number of pyridine rings is 1. The first-order valence-electron chi connectivity index (χ1n) is 5.65. The Morgan fingerprint density at radius 2 is 1.73 bits per heavy atom. The molecule has 1 aliphatic rings. The maximum atomic E-state index is 12.9. The molecule has 2 rings (SSSR count). The molecule has 1 aromatic heterocycles. The van der Waals surface area contributed by atoms with Crippen LogP contribution in [0.4, 0.5) is 26.3 Å². The summed E-state index contributed by atoms with van der Waals surface area (Å²) in [6.45, 7) is 0. The molecule has 1 atom stereocenters. The van der Waals surface area contributed by atoms with Gasteiger partial charge in [0.25, 0.3) is 11.6 Å². The summed E-state index contributed by atoms with van der Waals surface area (Å²) < 4.78 is 76.5. The molecule has 0 bridgehead atoms. The smallest absolute Gasteiger partial charge is 0.362 e. The average Bonchev–Trinajstić information content (AvgIpc) is 2.78. The number of carbonyl (C=O) groups excluding carboxylic acids is 1. The number of carbonyl (C=O) groups is 1. The Balaban J connectivity index is 2.48. The molecule has 5 nitrogen and oxygen atoms in total. The van der Waals surface area contributed by atoms with E-state index in [4.69, 9.17) is 0 Å². The molecule has 0 saturated carbocycles. The van der Waals surface area contributed by atoms with Gasteiger partial charge in [0.2, 0.25) is 0 Å². The van der Waals surface area contributed by atoms with Crippen molar-refractivity contribution in [2.45, 2.75) is 24.5 Å². The summed E-state index contributed by atoms with van der Waals surface area (Å²) in [7, 11) is 0. The first-order chi connectivity index (χ1) is 9.97. The van der Waals surface area contributed by atoms with Crippen LogP contribution in [0, 0.1) is 0 Å². The molecular formula is C11H7F6N3O2. The summed E-state index contributed by atoms with van der Waals surface area (Å²) in [4.78, 5) is 15.5. The highest BCUT2D eigenvalue weighted by atomic mass is 19.4. The van der Waals surface area contributed by atoms with Crippen LogP contribution in [0.1, 0.15) is 16.8 Å². The largest absolute Gasteiger partial charge is 0.438 e. The number of alkyl halides is 6. The summed E-state index contributed by atoms with van der Waals surface area (Å²) in [5.41, 5.74) is -6.35. The number of nitrogens with zero attached hydrogens (tertiary/aromatic N) is 3. The van der Waals surface area contributed by atoms with Gasteiger partial charge in [-0.25, -0.2) is 0 Å². The predicted octanol–water partition coefficient (Wildman–Crippen LogP) is 2.10. The van der Waals surface area contributed by atoms with Crippen LogP contribution in [0.5, 0.6) is 0 Å². The van der Waals surface area contributed by atoms with E-state index in [1.165, 1.54) is 0 Å². The molecule has 22 heavy (non-hydrogen) atoms. The van der Waals surface area contributed by atoms with E-state index in [9.17, 15) is 36.2 Å². The lowest BCUT2D eigenvalue weighted by atomic mass is 10.1. The molecule has 120 valence electrons. The van der Waals surface area contributed by atoms with Crippen molar-refractivity contribution in [3.8, 4) is 0 Å². The van der Waals surface area contributed by atoms with Crippen LogP contribution in [0.3, 0.4) is 0 Å². The Labute approximate surface area is 118 Å². The number of hydrogen-bond acceptors (Lipinski definition) is 4. The van der Waals surface area contributed by atoms with Crippen molar-refractivity contribution >= 4 is 11.6 Å². The number of rotatable bonds is 1. The molecule has 0 fully saturated rings. The lowest BCUT2D eigenvalue weighted by molar-refractivity contribution is -0.297. The van der Waals surface area contributed by atoms with Crippen LogP contribution < -0.4 is 0 Å². The number of aliphatic hydroxyl groups is 1. The number of hydrazone groups is 1. The minimum atomic E-state index is -5.52. The number of hydrogen-bond donors (Lipinski definition) is 1. The van der Waals surface area contributed by atoms with Crippen molar-refractivity contribution in [3.63, 3.8) is 0 Å². The van der Waals surface area contributed by atoms with E-state index in [1.54, 1.807) is 0 Å². The number of amides is 1. The Morgan fingerprint density at radius 3 is 2.18 bits per heavy atom. The van der Waals surface area contributed by atoms with Crippen molar-refractivity contribution in [3.05, 3.63) is 30.1 Å². The van der Waals surface area contributed by atoms with Gasteiger partial charge in [0.1, 0.15) is 5.71 Å². The molecule has 0 radical (unpaired) electrons. The molecule has 11 heteroatoms. The first-order valence-corrected chi connectivity index (χ1v) is 5.65.